The summed E-state index contributed by atoms with van der Waals surface area (Å²) in [5.74, 6) is -0.235. The van der Waals surface area contributed by atoms with Crippen LogP contribution in [-0.2, 0) is 4.79 Å². The first-order chi connectivity index (χ1) is 10.7. The van der Waals surface area contributed by atoms with E-state index in [1.807, 2.05) is 53.1 Å². The van der Waals surface area contributed by atoms with Gasteiger partial charge >= 0.3 is 5.97 Å². The van der Waals surface area contributed by atoms with Crippen molar-refractivity contribution in [3.63, 3.8) is 0 Å². The standard InChI is InChI=1S/C17H14N2O3/c1-22-13-7-5-12(6-8-13)17-14(9-10-16(20)21)19-11-3-2-4-15(19)18-17/h2-11H,1H3,(H,20,21). The van der Waals surface area contributed by atoms with Crippen LogP contribution in [0.4, 0.5) is 0 Å². The van der Waals surface area contributed by atoms with E-state index in [9.17, 15) is 4.79 Å². The number of nitrogens with zero attached hydrogens (tertiary/aromatic N) is 2. The Morgan fingerprint density at radius 3 is 2.68 bits per heavy atom. The van der Waals surface area contributed by atoms with Gasteiger partial charge in [0.05, 0.1) is 18.5 Å². The summed E-state index contributed by atoms with van der Waals surface area (Å²) in [4.78, 5) is 15.4. The average Bonchev–Trinajstić information content (AvgIpc) is 2.91. The highest BCUT2D eigenvalue weighted by molar-refractivity contribution is 5.87. The van der Waals surface area contributed by atoms with Crippen LogP contribution in [0.2, 0.25) is 0 Å². The first-order valence-electron chi connectivity index (χ1n) is 6.71. The minimum atomic E-state index is -0.994. The number of aromatic nitrogens is 2. The van der Waals surface area contributed by atoms with E-state index in [-0.39, 0.29) is 0 Å². The Bertz CT molecular complexity index is 848. The minimum absolute atomic E-state index is 0.725. The fraction of sp³-hybridized carbons (Fsp3) is 0.0588. The number of aliphatic carboxylic acids is 1. The van der Waals surface area contributed by atoms with Crippen LogP contribution in [0.3, 0.4) is 0 Å². The lowest BCUT2D eigenvalue weighted by Crippen LogP contribution is -1.91. The SMILES string of the molecule is COc1ccc(-c2nc3ccccn3c2C=CC(=O)O)cc1. The van der Waals surface area contributed by atoms with E-state index in [0.717, 1.165) is 34.4 Å². The highest BCUT2D eigenvalue weighted by Crippen LogP contribution is 2.27. The van der Waals surface area contributed by atoms with E-state index < -0.39 is 5.97 Å². The number of methoxy groups -OCH3 is 1. The van der Waals surface area contributed by atoms with Gasteiger partial charge in [-0.1, -0.05) is 6.07 Å². The molecule has 0 saturated carbocycles. The molecule has 0 fully saturated rings. The minimum Gasteiger partial charge on any atom is -0.497 e. The molecule has 110 valence electrons. The first-order valence-corrected chi connectivity index (χ1v) is 6.71. The third-order valence-corrected chi connectivity index (χ3v) is 3.31. The Balaban J connectivity index is 2.18. The highest BCUT2D eigenvalue weighted by atomic mass is 16.5. The number of hydrogen-bond acceptors (Lipinski definition) is 3. The van der Waals surface area contributed by atoms with Crippen LogP contribution in [0.1, 0.15) is 5.69 Å². The molecule has 3 rings (SSSR count). The second kappa shape index (κ2) is 5.73. The Morgan fingerprint density at radius 1 is 1.23 bits per heavy atom. The van der Waals surface area contributed by atoms with Crippen LogP contribution in [0, 0.1) is 0 Å². The molecule has 0 bridgehead atoms. The molecule has 3 aromatic rings. The molecule has 5 heteroatoms. The number of rotatable bonds is 4. The zero-order chi connectivity index (χ0) is 15.5. The average molecular weight is 294 g/mol. The lowest BCUT2D eigenvalue weighted by atomic mass is 10.1. The third-order valence-electron chi connectivity index (χ3n) is 3.31. The van der Waals surface area contributed by atoms with Crippen LogP contribution in [-0.4, -0.2) is 27.6 Å². The molecule has 2 heterocycles. The molecule has 5 nitrogen and oxygen atoms in total. The maximum atomic E-state index is 10.8. The fourth-order valence-corrected chi connectivity index (χ4v) is 2.29. The van der Waals surface area contributed by atoms with Gasteiger partial charge in [0.15, 0.2) is 0 Å². The maximum Gasteiger partial charge on any atom is 0.328 e. The summed E-state index contributed by atoms with van der Waals surface area (Å²) in [6, 6.07) is 13.2. The summed E-state index contributed by atoms with van der Waals surface area (Å²) < 4.78 is 7.02. The molecule has 0 amide bonds. The molecule has 0 atom stereocenters. The van der Waals surface area contributed by atoms with Gasteiger partial charge in [-0.25, -0.2) is 9.78 Å². The molecule has 0 spiro atoms. The van der Waals surface area contributed by atoms with Crippen molar-refractivity contribution in [3.8, 4) is 17.0 Å². The van der Waals surface area contributed by atoms with E-state index in [1.54, 1.807) is 13.2 Å². The molecule has 0 aliphatic carbocycles. The quantitative estimate of drug-likeness (QED) is 0.751. The van der Waals surface area contributed by atoms with Gasteiger partial charge in [0, 0.05) is 17.8 Å². The summed E-state index contributed by atoms with van der Waals surface area (Å²) in [6.45, 7) is 0. The molecule has 1 aromatic carbocycles. The van der Waals surface area contributed by atoms with Crippen molar-refractivity contribution in [2.45, 2.75) is 0 Å². The van der Waals surface area contributed by atoms with Gasteiger partial charge in [-0.3, -0.25) is 4.40 Å². The molecule has 0 radical (unpaired) electrons. The van der Waals surface area contributed by atoms with Gasteiger partial charge in [-0.15, -0.1) is 0 Å². The van der Waals surface area contributed by atoms with E-state index in [2.05, 4.69) is 4.98 Å². The summed E-state index contributed by atoms with van der Waals surface area (Å²) in [7, 11) is 1.61. The van der Waals surface area contributed by atoms with Gasteiger partial charge < -0.3 is 9.84 Å². The van der Waals surface area contributed by atoms with E-state index >= 15 is 0 Å². The monoisotopic (exact) mass is 294 g/mol. The largest absolute Gasteiger partial charge is 0.497 e. The van der Waals surface area contributed by atoms with Crippen LogP contribution < -0.4 is 4.74 Å². The lowest BCUT2D eigenvalue weighted by molar-refractivity contribution is -0.131. The van der Waals surface area contributed by atoms with Gasteiger partial charge in [0.1, 0.15) is 11.4 Å². The number of ether oxygens (including phenoxy) is 1. The fourth-order valence-electron chi connectivity index (χ4n) is 2.29. The smallest absolute Gasteiger partial charge is 0.328 e. The highest BCUT2D eigenvalue weighted by Gasteiger charge is 2.12. The number of carboxylic acid groups (broad SMARTS) is 1. The Kier molecular flexibility index (Phi) is 3.62. The summed E-state index contributed by atoms with van der Waals surface area (Å²) in [6.07, 6.45) is 4.53. The van der Waals surface area contributed by atoms with Gasteiger partial charge in [-0.05, 0) is 42.5 Å². The lowest BCUT2D eigenvalue weighted by Gasteiger charge is -2.02. The van der Waals surface area contributed by atoms with Crippen LogP contribution >= 0.6 is 0 Å². The Morgan fingerprint density at radius 2 is 2.00 bits per heavy atom. The number of pyridine rings is 1. The third kappa shape index (κ3) is 2.56. The number of carbonyl (C=O) groups is 1. The molecular formula is C17H14N2O3. The number of carboxylic acids is 1. The molecule has 0 aliphatic rings. The predicted molar refractivity (Wildman–Crippen MR) is 83.8 cm³/mol. The number of benzene rings is 1. The van der Waals surface area contributed by atoms with E-state index in [0.29, 0.717) is 0 Å². The van der Waals surface area contributed by atoms with Crippen LogP contribution in [0.15, 0.2) is 54.7 Å². The van der Waals surface area contributed by atoms with E-state index in [1.165, 1.54) is 0 Å². The Labute approximate surface area is 127 Å². The van der Waals surface area contributed by atoms with Crippen molar-refractivity contribution in [3.05, 3.63) is 60.4 Å². The second-order valence-electron chi connectivity index (χ2n) is 4.67. The van der Waals surface area contributed by atoms with Crippen molar-refractivity contribution < 1.29 is 14.6 Å². The van der Waals surface area contributed by atoms with Gasteiger partial charge in [0.25, 0.3) is 0 Å². The number of hydrogen-bond donors (Lipinski definition) is 1. The number of imidazole rings is 1. The second-order valence-corrected chi connectivity index (χ2v) is 4.67. The topological polar surface area (TPSA) is 63.8 Å². The molecule has 2 aromatic heterocycles. The zero-order valence-electron chi connectivity index (χ0n) is 11.9. The van der Waals surface area contributed by atoms with Crippen molar-refractivity contribution in [1.82, 2.24) is 9.38 Å². The normalized spacial score (nSPS) is 11.1. The summed E-state index contributed by atoms with van der Waals surface area (Å²) in [5, 5.41) is 8.88. The molecule has 0 saturated heterocycles. The Hall–Kier alpha value is -3.08. The summed E-state index contributed by atoms with van der Waals surface area (Å²) in [5.41, 5.74) is 3.11. The van der Waals surface area contributed by atoms with Crippen LogP contribution in [0.25, 0.3) is 23.0 Å². The predicted octanol–water partition coefficient (Wildman–Crippen LogP) is 3.11. The van der Waals surface area contributed by atoms with Crippen molar-refractivity contribution in [2.75, 3.05) is 7.11 Å². The van der Waals surface area contributed by atoms with Crippen LogP contribution in [0.5, 0.6) is 5.75 Å². The summed E-state index contributed by atoms with van der Waals surface area (Å²) >= 11 is 0. The molecule has 0 unspecified atom stereocenters. The number of fused-ring (bicyclic) bond motifs is 1. The van der Waals surface area contributed by atoms with Crippen molar-refractivity contribution >= 4 is 17.7 Å². The van der Waals surface area contributed by atoms with Crippen molar-refractivity contribution in [2.24, 2.45) is 0 Å². The molecular weight excluding hydrogens is 280 g/mol. The van der Waals surface area contributed by atoms with Crippen molar-refractivity contribution in [1.29, 1.82) is 0 Å². The zero-order valence-corrected chi connectivity index (χ0v) is 11.9. The maximum absolute atomic E-state index is 10.8. The molecule has 0 aliphatic heterocycles. The molecule has 1 N–H and O–H groups in total. The molecule has 22 heavy (non-hydrogen) atoms. The van der Waals surface area contributed by atoms with Gasteiger partial charge in [0.2, 0.25) is 0 Å². The van der Waals surface area contributed by atoms with E-state index in [4.69, 9.17) is 9.84 Å². The first kappa shape index (κ1) is 13.9. The van der Waals surface area contributed by atoms with Gasteiger partial charge in [-0.2, -0.15) is 0 Å².